The van der Waals surface area contributed by atoms with Crippen LogP contribution in [0.2, 0.25) is 38.3 Å². The largest absolute Gasteiger partial charge is 0.305 e. The standard InChI is InChI=1S/C24H34O2Si2/c1-27(2,23(25)17-15-21-11-7-5-8-12-21)19-20-28(3,4)24(26)18-16-22-13-9-6-10-14-22/h5-14H,15-20H2,1-4H3. The Balaban J connectivity index is 1.83. The van der Waals surface area contributed by atoms with Gasteiger partial charge in [-0.2, -0.15) is 0 Å². The smallest absolute Gasteiger partial charge is 0.126 e. The molecule has 4 heteroatoms. The molecule has 0 spiro atoms. The minimum atomic E-state index is -1.96. The van der Waals surface area contributed by atoms with Gasteiger partial charge in [-0.15, -0.1) is 0 Å². The maximum absolute atomic E-state index is 12.8. The van der Waals surface area contributed by atoms with Crippen molar-refractivity contribution in [3.8, 4) is 0 Å². The second kappa shape index (κ2) is 10.1. The molecule has 0 N–H and O–H groups in total. The fourth-order valence-corrected chi connectivity index (χ4v) is 10.5. The monoisotopic (exact) mass is 410 g/mol. The summed E-state index contributed by atoms with van der Waals surface area (Å²) < 4.78 is 0. The van der Waals surface area contributed by atoms with Gasteiger partial charge in [0.05, 0.1) is 0 Å². The van der Waals surface area contributed by atoms with Crippen molar-refractivity contribution in [3.63, 3.8) is 0 Å². The predicted octanol–water partition coefficient (Wildman–Crippen LogP) is 5.89. The molecule has 0 amide bonds. The Bertz CT molecular complexity index is 700. The maximum Gasteiger partial charge on any atom is 0.126 e. The van der Waals surface area contributed by atoms with E-state index in [0.717, 1.165) is 24.9 Å². The van der Waals surface area contributed by atoms with Gasteiger partial charge in [0.15, 0.2) is 0 Å². The molecule has 0 aliphatic rings. The highest BCUT2D eigenvalue weighted by atomic mass is 28.3. The fourth-order valence-electron chi connectivity index (χ4n) is 3.39. The van der Waals surface area contributed by atoms with Crippen molar-refractivity contribution in [1.29, 1.82) is 0 Å². The molecule has 0 saturated carbocycles. The van der Waals surface area contributed by atoms with Gasteiger partial charge in [-0.1, -0.05) is 98.9 Å². The van der Waals surface area contributed by atoms with Crippen LogP contribution in [0.4, 0.5) is 0 Å². The molecular weight excluding hydrogens is 376 g/mol. The van der Waals surface area contributed by atoms with Crippen molar-refractivity contribution in [2.75, 3.05) is 0 Å². The van der Waals surface area contributed by atoms with Crippen LogP contribution in [0.3, 0.4) is 0 Å². The highest BCUT2D eigenvalue weighted by Gasteiger charge is 2.36. The molecule has 150 valence electrons. The topological polar surface area (TPSA) is 34.1 Å². The Morgan fingerprint density at radius 2 is 0.929 bits per heavy atom. The van der Waals surface area contributed by atoms with Crippen molar-refractivity contribution in [1.82, 2.24) is 0 Å². The number of hydrogen-bond acceptors (Lipinski definition) is 2. The lowest BCUT2D eigenvalue weighted by molar-refractivity contribution is -0.113. The quantitative estimate of drug-likeness (QED) is 0.433. The molecule has 0 aromatic heterocycles. The van der Waals surface area contributed by atoms with Crippen molar-refractivity contribution in [2.45, 2.75) is 64.0 Å². The average molecular weight is 411 g/mol. The number of hydrogen-bond donors (Lipinski definition) is 0. The summed E-state index contributed by atoms with van der Waals surface area (Å²) >= 11 is 0. The normalized spacial score (nSPS) is 12.0. The molecule has 0 fully saturated rings. The van der Waals surface area contributed by atoms with Crippen LogP contribution in [0, 0.1) is 0 Å². The Kier molecular flexibility index (Phi) is 8.14. The zero-order chi connectivity index (χ0) is 20.6. The van der Waals surface area contributed by atoms with E-state index in [4.69, 9.17) is 0 Å². The van der Waals surface area contributed by atoms with Crippen LogP contribution in [0.1, 0.15) is 24.0 Å². The first-order valence-electron chi connectivity index (χ1n) is 10.4. The van der Waals surface area contributed by atoms with Crippen LogP contribution < -0.4 is 0 Å². The Labute approximate surface area is 172 Å². The van der Waals surface area contributed by atoms with Crippen LogP contribution >= 0.6 is 0 Å². The second-order valence-corrected chi connectivity index (χ2v) is 18.7. The third-order valence-electron chi connectivity index (χ3n) is 5.85. The van der Waals surface area contributed by atoms with Crippen molar-refractivity contribution >= 4 is 27.0 Å². The van der Waals surface area contributed by atoms with Crippen molar-refractivity contribution < 1.29 is 9.59 Å². The molecule has 2 nitrogen and oxygen atoms in total. The van der Waals surface area contributed by atoms with E-state index < -0.39 is 16.1 Å². The van der Waals surface area contributed by atoms with Crippen LogP contribution in [-0.2, 0) is 22.4 Å². The number of benzene rings is 2. The summed E-state index contributed by atoms with van der Waals surface area (Å²) in [5.74, 6) is 0. The molecule has 0 heterocycles. The summed E-state index contributed by atoms with van der Waals surface area (Å²) in [4.78, 5) is 25.7. The van der Waals surface area contributed by atoms with Crippen LogP contribution in [-0.4, -0.2) is 27.0 Å². The molecule has 0 aliphatic carbocycles. The molecular formula is C24H34O2Si2. The zero-order valence-corrected chi connectivity index (χ0v) is 19.8. The molecule has 0 unspecified atom stereocenters. The molecule has 0 saturated heterocycles. The molecule has 2 rings (SSSR count). The highest BCUT2D eigenvalue weighted by Crippen LogP contribution is 2.24. The first-order valence-corrected chi connectivity index (χ1v) is 16.8. The minimum Gasteiger partial charge on any atom is -0.305 e. The van der Waals surface area contributed by atoms with Crippen molar-refractivity contribution in [2.24, 2.45) is 0 Å². The van der Waals surface area contributed by atoms with E-state index in [1.807, 2.05) is 36.4 Å². The third-order valence-corrected chi connectivity index (χ3v) is 12.9. The SMILES string of the molecule is C[Si](C)(CC[Si](C)(C)C(=O)CCc1ccccc1)C(=O)CCc1ccccc1. The van der Waals surface area contributed by atoms with Gasteiger partial charge in [0, 0.05) is 12.8 Å². The van der Waals surface area contributed by atoms with Gasteiger partial charge in [0.25, 0.3) is 0 Å². The first-order chi connectivity index (χ1) is 13.2. The minimum absolute atomic E-state index is 0.442. The Morgan fingerprint density at radius 1 is 0.607 bits per heavy atom. The summed E-state index contributed by atoms with van der Waals surface area (Å²) in [5.41, 5.74) is 2.46. The van der Waals surface area contributed by atoms with E-state index in [9.17, 15) is 9.59 Å². The molecule has 2 aromatic carbocycles. The number of carbonyl (C=O) groups is 2. The second-order valence-electron chi connectivity index (χ2n) is 9.09. The third kappa shape index (κ3) is 6.99. The molecule has 0 bridgehead atoms. The number of aryl methyl sites for hydroxylation is 2. The van der Waals surface area contributed by atoms with Crippen molar-refractivity contribution in [3.05, 3.63) is 71.8 Å². The highest BCUT2D eigenvalue weighted by molar-refractivity contribution is 7.08. The fraction of sp³-hybridized carbons (Fsp3) is 0.417. The molecule has 0 aliphatic heterocycles. The Morgan fingerprint density at radius 3 is 1.25 bits per heavy atom. The summed E-state index contributed by atoms with van der Waals surface area (Å²) in [6.07, 6.45) is 2.92. The number of carbonyl (C=O) groups excluding carboxylic acids is 2. The predicted molar refractivity (Wildman–Crippen MR) is 124 cm³/mol. The van der Waals surface area contributed by atoms with Gasteiger partial charge in [-0.05, 0) is 24.0 Å². The lowest BCUT2D eigenvalue weighted by Gasteiger charge is -2.27. The van der Waals surface area contributed by atoms with E-state index in [-0.39, 0.29) is 0 Å². The summed E-state index contributed by atoms with van der Waals surface area (Å²) in [6.45, 7) is 8.72. The average Bonchev–Trinajstić information content (AvgIpc) is 2.70. The van der Waals surface area contributed by atoms with Crippen LogP contribution in [0.15, 0.2) is 60.7 Å². The van der Waals surface area contributed by atoms with Gasteiger partial charge in [0.1, 0.15) is 27.0 Å². The number of rotatable bonds is 11. The van der Waals surface area contributed by atoms with Gasteiger partial charge in [-0.3, -0.25) is 0 Å². The Hall–Kier alpha value is -1.79. The van der Waals surface area contributed by atoms with Gasteiger partial charge in [0.2, 0.25) is 0 Å². The molecule has 0 radical (unpaired) electrons. The van der Waals surface area contributed by atoms with E-state index in [0.29, 0.717) is 23.7 Å². The molecule has 2 aromatic rings. The summed E-state index contributed by atoms with van der Waals surface area (Å²) in [6, 6.07) is 22.3. The van der Waals surface area contributed by atoms with Gasteiger partial charge in [-0.25, -0.2) is 0 Å². The summed E-state index contributed by atoms with van der Waals surface area (Å²) in [5, 5.41) is 0.885. The van der Waals surface area contributed by atoms with Gasteiger partial charge >= 0.3 is 0 Å². The van der Waals surface area contributed by atoms with Gasteiger partial charge < -0.3 is 9.59 Å². The lowest BCUT2D eigenvalue weighted by Crippen LogP contribution is -2.43. The molecule has 28 heavy (non-hydrogen) atoms. The lowest BCUT2D eigenvalue weighted by atomic mass is 10.1. The van der Waals surface area contributed by atoms with E-state index >= 15 is 0 Å². The van der Waals surface area contributed by atoms with E-state index in [1.54, 1.807) is 0 Å². The zero-order valence-electron chi connectivity index (χ0n) is 17.8. The van der Waals surface area contributed by atoms with E-state index in [1.165, 1.54) is 11.1 Å². The van der Waals surface area contributed by atoms with Crippen LogP contribution in [0.5, 0.6) is 0 Å². The van der Waals surface area contributed by atoms with Crippen LogP contribution in [0.25, 0.3) is 0 Å². The molecule has 0 atom stereocenters. The maximum atomic E-state index is 12.8. The summed E-state index contributed by atoms with van der Waals surface area (Å²) in [7, 11) is -3.92. The van der Waals surface area contributed by atoms with E-state index in [2.05, 4.69) is 50.5 Å². The first kappa shape index (κ1) is 22.5.